The fourth-order valence-corrected chi connectivity index (χ4v) is 5.01. The summed E-state index contributed by atoms with van der Waals surface area (Å²) >= 11 is 0. The summed E-state index contributed by atoms with van der Waals surface area (Å²) in [6.07, 6.45) is 4.19. The van der Waals surface area contributed by atoms with Crippen LogP contribution in [0.2, 0.25) is 0 Å². The Balaban J connectivity index is 1.28. The van der Waals surface area contributed by atoms with Crippen molar-refractivity contribution >= 4 is 34.3 Å². The normalized spacial score (nSPS) is 15.5. The van der Waals surface area contributed by atoms with Gasteiger partial charge in [0.2, 0.25) is 11.8 Å². The number of furan rings is 1. The maximum Gasteiger partial charge on any atom is 0.289 e. The van der Waals surface area contributed by atoms with Crippen molar-refractivity contribution in [1.82, 2.24) is 14.7 Å². The summed E-state index contributed by atoms with van der Waals surface area (Å²) < 4.78 is 5.72. The molecule has 3 heterocycles. The molecule has 7 nitrogen and oxygen atoms in total. The molecule has 3 aromatic rings. The number of hydrogen-bond acceptors (Lipinski definition) is 4. The first-order valence-electron chi connectivity index (χ1n) is 12.4. The highest BCUT2D eigenvalue weighted by atomic mass is 16.3. The molecule has 2 aromatic carbocycles. The van der Waals surface area contributed by atoms with Gasteiger partial charge in [-0.2, -0.15) is 0 Å². The highest BCUT2D eigenvalue weighted by Crippen LogP contribution is 2.28. The van der Waals surface area contributed by atoms with Crippen molar-refractivity contribution < 1.29 is 18.8 Å². The smallest absolute Gasteiger partial charge is 0.289 e. The van der Waals surface area contributed by atoms with E-state index >= 15 is 0 Å². The lowest BCUT2D eigenvalue weighted by Crippen LogP contribution is -2.36. The average molecular weight is 486 g/mol. The van der Waals surface area contributed by atoms with Crippen LogP contribution in [0.25, 0.3) is 16.5 Å². The molecule has 0 saturated carbocycles. The summed E-state index contributed by atoms with van der Waals surface area (Å²) in [7, 11) is 3.40. The number of hydrogen-bond donors (Lipinski definition) is 0. The summed E-state index contributed by atoms with van der Waals surface area (Å²) in [6.45, 7) is 4.21. The predicted octanol–water partition coefficient (Wildman–Crippen LogP) is 3.90. The molecule has 0 atom stereocenters. The lowest BCUT2D eigenvalue weighted by molar-refractivity contribution is -0.130. The van der Waals surface area contributed by atoms with Crippen LogP contribution in [-0.4, -0.2) is 66.2 Å². The van der Waals surface area contributed by atoms with Crippen molar-refractivity contribution in [3.8, 4) is 0 Å². The van der Waals surface area contributed by atoms with Gasteiger partial charge in [0.25, 0.3) is 5.91 Å². The van der Waals surface area contributed by atoms with Crippen LogP contribution in [0.15, 0.2) is 53.0 Å². The number of rotatable bonds is 4. The highest BCUT2D eigenvalue weighted by Gasteiger charge is 2.22. The van der Waals surface area contributed by atoms with Gasteiger partial charge in [0.1, 0.15) is 5.58 Å². The minimum absolute atomic E-state index is 0.0869. The third-order valence-corrected chi connectivity index (χ3v) is 7.09. The van der Waals surface area contributed by atoms with E-state index in [0.29, 0.717) is 37.4 Å². The Hall–Kier alpha value is -3.87. The van der Waals surface area contributed by atoms with Crippen LogP contribution in [-0.2, 0) is 29.0 Å². The van der Waals surface area contributed by atoms with Crippen LogP contribution in [0.1, 0.15) is 46.2 Å². The second-order valence-electron chi connectivity index (χ2n) is 9.87. The van der Waals surface area contributed by atoms with Gasteiger partial charge in [-0.05, 0) is 58.9 Å². The van der Waals surface area contributed by atoms with Gasteiger partial charge in [-0.15, -0.1) is 0 Å². The monoisotopic (exact) mass is 485 g/mol. The van der Waals surface area contributed by atoms with E-state index in [1.807, 2.05) is 34.1 Å². The highest BCUT2D eigenvalue weighted by molar-refractivity contribution is 5.96. The lowest BCUT2D eigenvalue weighted by atomic mass is 9.95. The third-order valence-electron chi connectivity index (χ3n) is 7.09. The third kappa shape index (κ3) is 4.78. The molecule has 186 valence electrons. The van der Waals surface area contributed by atoms with Gasteiger partial charge in [0.15, 0.2) is 5.76 Å². The van der Waals surface area contributed by atoms with Crippen molar-refractivity contribution in [2.75, 3.05) is 33.7 Å². The number of benzene rings is 2. The van der Waals surface area contributed by atoms with Gasteiger partial charge >= 0.3 is 0 Å². The van der Waals surface area contributed by atoms with Gasteiger partial charge in [-0.1, -0.05) is 30.3 Å². The topological polar surface area (TPSA) is 74.1 Å². The Labute approximate surface area is 211 Å². The van der Waals surface area contributed by atoms with E-state index in [1.54, 1.807) is 27.1 Å². The van der Waals surface area contributed by atoms with Gasteiger partial charge in [-0.3, -0.25) is 14.4 Å². The maximum absolute atomic E-state index is 13.2. The van der Waals surface area contributed by atoms with Crippen LogP contribution in [0.5, 0.6) is 0 Å². The number of nitrogens with zero attached hydrogens (tertiary/aromatic N) is 3. The standard InChI is InChI=1S/C29H31N3O4/c1-19(33)31-12-10-21-7-6-20(13-25(21)18-31)14-28(34)32-11-4-5-23(17-32)22-8-9-26-24(15-22)16-27(36-26)29(35)30(2)3/h5-9,13,15-16H,4,10-12,14,17-18H2,1-3H3. The number of amides is 3. The fourth-order valence-electron chi connectivity index (χ4n) is 5.01. The quantitative estimate of drug-likeness (QED) is 0.562. The van der Waals surface area contributed by atoms with E-state index in [4.69, 9.17) is 4.42 Å². The summed E-state index contributed by atoms with van der Waals surface area (Å²) in [5.41, 5.74) is 6.18. The minimum Gasteiger partial charge on any atom is -0.451 e. The zero-order valence-corrected chi connectivity index (χ0v) is 21.0. The van der Waals surface area contributed by atoms with Crippen molar-refractivity contribution in [2.45, 2.75) is 32.7 Å². The van der Waals surface area contributed by atoms with Gasteiger partial charge in [-0.25, -0.2) is 0 Å². The van der Waals surface area contributed by atoms with Crippen LogP contribution in [0.4, 0.5) is 0 Å². The van der Waals surface area contributed by atoms with Crippen LogP contribution in [0.3, 0.4) is 0 Å². The van der Waals surface area contributed by atoms with Crippen molar-refractivity contribution in [3.63, 3.8) is 0 Å². The van der Waals surface area contributed by atoms with Crippen LogP contribution < -0.4 is 0 Å². The van der Waals surface area contributed by atoms with Crippen LogP contribution >= 0.6 is 0 Å². The van der Waals surface area contributed by atoms with E-state index in [9.17, 15) is 14.4 Å². The van der Waals surface area contributed by atoms with E-state index in [1.165, 1.54) is 10.5 Å². The molecular weight excluding hydrogens is 454 g/mol. The summed E-state index contributed by atoms with van der Waals surface area (Å²) in [5, 5.41) is 0.871. The molecule has 36 heavy (non-hydrogen) atoms. The number of carbonyl (C=O) groups excluding carboxylic acids is 3. The van der Waals surface area contributed by atoms with Crippen molar-refractivity contribution in [3.05, 3.63) is 76.6 Å². The van der Waals surface area contributed by atoms with Crippen LogP contribution in [0, 0.1) is 0 Å². The van der Waals surface area contributed by atoms with E-state index in [-0.39, 0.29) is 17.7 Å². The van der Waals surface area contributed by atoms with E-state index < -0.39 is 0 Å². The van der Waals surface area contributed by atoms with Gasteiger partial charge in [0.05, 0.1) is 6.42 Å². The lowest BCUT2D eigenvalue weighted by Gasteiger charge is -2.29. The molecule has 3 amide bonds. The summed E-state index contributed by atoms with van der Waals surface area (Å²) in [6, 6.07) is 13.9. The Bertz CT molecular complexity index is 1380. The average Bonchev–Trinajstić information content (AvgIpc) is 3.31. The molecule has 0 unspecified atom stereocenters. The van der Waals surface area contributed by atoms with Crippen molar-refractivity contribution in [2.24, 2.45) is 0 Å². The van der Waals surface area contributed by atoms with Gasteiger partial charge < -0.3 is 19.1 Å². The summed E-state index contributed by atoms with van der Waals surface area (Å²) in [4.78, 5) is 42.5. The fraction of sp³-hybridized carbons (Fsp3) is 0.345. The molecule has 1 aromatic heterocycles. The zero-order valence-electron chi connectivity index (χ0n) is 21.0. The first kappa shape index (κ1) is 23.9. The predicted molar refractivity (Wildman–Crippen MR) is 138 cm³/mol. The molecule has 5 rings (SSSR count). The molecule has 0 bridgehead atoms. The number of carbonyl (C=O) groups is 3. The molecule has 2 aliphatic heterocycles. The first-order valence-corrected chi connectivity index (χ1v) is 12.4. The second-order valence-corrected chi connectivity index (χ2v) is 9.87. The molecule has 0 fully saturated rings. The number of fused-ring (bicyclic) bond motifs is 2. The Morgan fingerprint density at radius 2 is 1.78 bits per heavy atom. The Morgan fingerprint density at radius 1 is 0.944 bits per heavy atom. The summed E-state index contributed by atoms with van der Waals surface area (Å²) in [5.74, 6) is 0.336. The Morgan fingerprint density at radius 3 is 2.56 bits per heavy atom. The molecule has 0 radical (unpaired) electrons. The molecule has 0 N–H and O–H groups in total. The largest absolute Gasteiger partial charge is 0.451 e. The maximum atomic E-state index is 13.2. The first-order chi connectivity index (χ1) is 17.3. The molecule has 7 heteroatoms. The molecule has 0 saturated heterocycles. The molecular formula is C29H31N3O4. The SMILES string of the molecule is CC(=O)N1CCc2ccc(CC(=O)N3CCC=C(c4ccc5oc(C(=O)N(C)C)cc5c4)C3)cc2C1. The molecule has 0 aliphatic carbocycles. The van der Waals surface area contributed by atoms with E-state index in [2.05, 4.69) is 18.2 Å². The van der Waals surface area contributed by atoms with E-state index in [0.717, 1.165) is 47.0 Å². The van der Waals surface area contributed by atoms with Gasteiger partial charge in [0, 0.05) is 52.6 Å². The zero-order chi connectivity index (χ0) is 25.4. The van der Waals surface area contributed by atoms with Crippen molar-refractivity contribution in [1.29, 1.82) is 0 Å². The minimum atomic E-state index is -0.169. The molecule has 2 aliphatic rings. The Kier molecular flexibility index (Phi) is 6.39. The second kappa shape index (κ2) is 9.64. The molecule has 0 spiro atoms.